The molecule has 0 aliphatic carbocycles. The quantitative estimate of drug-likeness (QED) is 0.269. The lowest BCUT2D eigenvalue weighted by Gasteiger charge is -2.21. The normalized spacial score (nSPS) is 14.0. The highest BCUT2D eigenvalue weighted by atomic mass is 28.3. The van der Waals surface area contributed by atoms with Gasteiger partial charge in [0.1, 0.15) is 30.0 Å². The van der Waals surface area contributed by atoms with E-state index in [9.17, 15) is 9.59 Å². The van der Waals surface area contributed by atoms with E-state index in [1.165, 1.54) is 0 Å². The summed E-state index contributed by atoms with van der Waals surface area (Å²) >= 11 is 0. The molecule has 1 aliphatic rings. The zero-order valence-electron chi connectivity index (χ0n) is 17.2. The Bertz CT molecular complexity index is 759. The predicted molar refractivity (Wildman–Crippen MR) is 109 cm³/mol. The van der Waals surface area contributed by atoms with Gasteiger partial charge in [0.05, 0.1) is 13.7 Å². The van der Waals surface area contributed by atoms with Crippen LogP contribution in [-0.4, -0.2) is 34.0 Å². The molecule has 0 fully saturated rings. The van der Waals surface area contributed by atoms with Crippen LogP contribution in [0.25, 0.3) is 0 Å². The van der Waals surface area contributed by atoms with Gasteiger partial charge in [-0.3, -0.25) is 4.79 Å². The number of allylic oxidation sites excluding steroid dienone is 2. The van der Waals surface area contributed by atoms with Crippen LogP contribution in [-0.2, 0) is 22.6 Å². The van der Waals surface area contributed by atoms with Gasteiger partial charge in [0.15, 0.2) is 0 Å². The lowest BCUT2D eigenvalue weighted by Crippen LogP contribution is -2.23. The molecule has 0 radical (unpaired) electrons. The van der Waals surface area contributed by atoms with E-state index in [1.54, 1.807) is 7.11 Å². The molecule has 0 bridgehead atoms. The molecular formula is C21H30O5Si. The molecule has 0 atom stereocenters. The number of carbonyl (C=O) groups excluding carboxylic acids is 2. The number of methoxy groups -OCH3 is 1. The largest absolute Gasteiger partial charge is 0.496 e. The molecule has 0 saturated carbocycles. The Morgan fingerprint density at radius 3 is 2.52 bits per heavy atom. The second kappa shape index (κ2) is 8.74. The molecule has 27 heavy (non-hydrogen) atoms. The smallest absolute Gasteiger partial charge is 0.342 e. The second-order valence-corrected chi connectivity index (χ2v) is 13.6. The fraction of sp³-hybridized carbons (Fsp3) is 0.524. The van der Waals surface area contributed by atoms with Gasteiger partial charge in [-0.2, -0.15) is 0 Å². The number of esters is 1. The van der Waals surface area contributed by atoms with Crippen LogP contribution in [0, 0.1) is 6.92 Å². The van der Waals surface area contributed by atoms with Crippen molar-refractivity contribution in [3.63, 3.8) is 0 Å². The van der Waals surface area contributed by atoms with Crippen molar-refractivity contribution in [1.29, 1.82) is 0 Å². The standard InChI is InChI=1S/C21H30O5Si/c1-7-15(12-22)8-9-16-19(24-3)14(2)17-13-26-21(23)18(17)20(16)25-10-11-27(4,5)6/h8,12H,7,9-11,13H2,1-6H3/b15-8+. The number of benzene rings is 1. The van der Waals surface area contributed by atoms with Crippen LogP contribution in [0.5, 0.6) is 11.5 Å². The maximum atomic E-state index is 12.4. The number of carbonyl (C=O) groups is 2. The van der Waals surface area contributed by atoms with Gasteiger partial charge >= 0.3 is 5.97 Å². The van der Waals surface area contributed by atoms with Gasteiger partial charge in [-0.1, -0.05) is 32.6 Å². The van der Waals surface area contributed by atoms with Crippen LogP contribution in [0.15, 0.2) is 11.6 Å². The molecule has 5 nitrogen and oxygen atoms in total. The van der Waals surface area contributed by atoms with Gasteiger partial charge in [0, 0.05) is 19.2 Å². The van der Waals surface area contributed by atoms with Gasteiger partial charge in [-0.05, 0) is 36.9 Å². The summed E-state index contributed by atoms with van der Waals surface area (Å²) in [6.45, 7) is 11.5. The average Bonchev–Trinajstić information content (AvgIpc) is 2.99. The van der Waals surface area contributed by atoms with Crippen LogP contribution in [0.1, 0.15) is 40.4 Å². The summed E-state index contributed by atoms with van der Waals surface area (Å²) in [7, 11) is 0.334. The van der Waals surface area contributed by atoms with Gasteiger partial charge in [-0.15, -0.1) is 0 Å². The predicted octanol–water partition coefficient (Wildman–Crippen LogP) is 4.47. The third kappa shape index (κ3) is 4.80. The van der Waals surface area contributed by atoms with Crippen LogP contribution < -0.4 is 9.47 Å². The maximum absolute atomic E-state index is 12.4. The molecule has 148 valence electrons. The summed E-state index contributed by atoms with van der Waals surface area (Å²) in [6.07, 6.45) is 3.87. The Kier molecular flexibility index (Phi) is 6.87. The highest BCUT2D eigenvalue weighted by molar-refractivity contribution is 6.76. The van der Waals surface area contributed by atoms with Crippen molar-refractivity contribution in [2.45, 2.75) is 59.0 Å². The zero-order chi connectivity index (χ0) is 20.2. The van der Waals surface area contributed by atoms with Crippen LogP contribution >= 0.6 is 0 Å². The Hall–Kier alpha value is -2.08. The summed E-state index contributed by atoms with van der Waals surface area (Å²) in [5, 5.41) is 0. The third-order valence-electron chi connectivity index (χ3n) is 4.85. The molecule has 0 unspecified atom stereocenters. The van der Waals surface area contributed by atoms with Crippen molar-refractivity contribution in [3.05, 3.63) is 33.9 Å². The number of cyclic esters (lactones) is 1. The lowest BCUT2D eigenvalue weighted by molar-refractivity contribution is -0.105. The van der Waals surface area contributed by atoms with E-state index in [1.807, 2.05) is 19.9 Å². The molecule has 0 N–H and O–H groups in total. The summed E-state index contributed by atoms with van der Waals surface area (Å²) in [4.78, 5) is 23.6. The minimum absolute atomic E-state index is 0.241. The van der Waals surface area contributed by atoms with Crippen molar-refractivity contribution in [2.75, 3.05) is 13.7 Å². The van der Waals surface area contributed by atoms with E-state index >= 15 is 0 Å². The van der Waals surface area contributed by atoms with E-state index in [0.717, 1.165) is 29.0 Å². The fourth-order valence-corrected chi connectivity index (χ4v) is 3.85. The van der Waals surface area contributed by atoms with E-state index in [0.29, 0.717) is 42.1 Å². The first kappa shape index (κ1) is 21.2. The molecule has 1 heterocycles. The van der Waals surface area contributed by atoms with Crippen molar-refractivity contribution in [2.24, 2.45) is 0 Å². The molecule has 0 spiro atoms. The molecule has 2 rings (SSSR count). The highest BCUT2D eigenvalue weighted by Crippen LogP contribution is 2.43. The minimum Gasteiger partial charge on any atom is -0.496 e. The number of rotatable bonds is 9. The van der Waals surface area contributed by atoms with Crippen molar-refractivity contribution in [1.82, 2.24) is 0 Å². The Morgan fingerprint density at radius 2 is 1.96 bits per heavy atom. The third-order valence-corrected chi connectivity index (χ3v) is 6.56. The monoisotopic (exact) mass is 390 g/mol. The Labute approximate surface area is 162 Å². The lowest BCUT2D eigenvalue weighted by atomic mass is 9.94. The molecular weight excluding hydrogens is 360 g/mol. The van der Waals surface area contributed by atoms with Crippen molar-refractivity contribution >= 4 is 20.3 Å². The van der Waals surface area contributed by atoms with Crippen LogP contribution in [0.2, 0.25) is 25.7 Å². The minimum atomic E-state index is -1.28. The number of ether oxygens (including phenoxy) is 3. The summed E-state index contributed by atoms with van der Waals surface area (Å²) < 4.78 is 17.1. The number of fused-ring (bicyclic) bond motifs is 1. The van der Waals surface area contributed by atoms with Gasteiger partial charge in [-0.25, -0.2) is 4.79 Å². The van der Waals surface area contributed by atoms with Gasteiger partial charge in [0.2, 0.25) is 0 Å². The summed E-state index contributed by atoms with van der Waals surface area (Å²) in [5.41, 5.74) is 3.75. The Morgan fingerprint density at radius 1 is 1.26 bits per heavy atom. The first-order valence-corrected chi connectivity index (χ1v) is 13.1. The zero-order valence-corrected chi connectivity index (χ0v) is 18.2. The SMILES string of the molecule is CC/C(C=O)=C\Cc1c(OC)c(C)c2c(c1OCC[Si](C)(C)C)C(=O)OC2. The van der Waals surface area contributed by atoms with E-state index < -0.39 is 8.07 Å². The molecule has 0 amide bonds. The molecule has 1 aromatic rings. The summed E-state index contributed by atoms with van der Waals surface area (Å²) in [5.74, 6) is 0.897. The average molecular weight is 391 g/mol. The number of hydrogen-bond donors (Lipinski definition) is 0. The van der Waals surface area contributed by atoms with Crippen LogP contribution in [0.4, 0.5) is 0 Å². The molecule has 0 saturated heterocycles. The first-order chi connectivity index (χ1) is 12.7. The summed E-state index contributed by atoms with van der Waals surface area (Å²) in [6, 6.07) is 0.983. The van der Waals surface area contributed by atoms with Crippen LogP contribution in [0.3, 0.4) is 0 Å². The molecule has 0 aromatic heterocycles. The topological polar surface area (TPSA) is 61.8 Å². The highest BCUT2D eigenvalue weighted by Gasteiger charge is 2.33. The van der Waals surface area contributed by atoms with Gasteiger partial charge < -0.3 is 14.2 Å². The molecule has 6 heteroatoms. The van der Waals surface area contributed by atoms with E-state index in [2.05, 4.69) is 19.6 Å². The van der Waals surface area contributed by atoms with E-state index in [4.69, 9.17) is 14.2 Å². The van der Waals surface area contributed by atoms with Crippen molar-refractivity contribution < 1.29 is 23.8 Å². The van der Waals surface area contributed by atoms with Crippen molar-refractivity contribution in [3.8, 4) is 11.5 Å². The number of hydrogen-bond acceptors (Lipinski definition) is 5. The molecule has 1 aliphatic heterocycles. The maximum Gasteiger partial charge on any atom is 0.342 e. The Balaban J connectivity index is 2.55. The number of aldehydes is 1. The fourth-order valence-electron chi connectivity index (χ4n) is 3.14. The van der Waals surface area contributed by atoms with Gasteiger partial charge in [0.25, 0.3) is 0 Å². The molecule has 1 aromatic carbocycles. The van der Waals surface area contributed by atoms with E-state index in [-0.39, 0.29) is 12.6 Å². The first-order valence-electron chi connectivity index (χ1n) is 9.39. The second-order valence-electron chi connectivity index (χ2n) is 8.01.